The standard InChI is InChI=1S/C17H17F2N3O3S/c1-23-13-6-4-3-5-12(13)21-17(26)22-20-10-11-7-8-14(25-16(18)19)15(9-11)24-2/h3-10,16H,1-2H3,(H2,21,22,26). The van der Waals surface area contributed by atoms with Crippen LogP contribution in [-0.4, -0.2) is 32.2 Å². The summed E-state index contributed by atoms with van der Waals surface area (Å²) >= 11 is 5.16. The highest BCUT2D eigenvalue weighted by atomic mass is 32.1. The summed E-state index contributed by atoms with van der Waals surface area (Å²) in [6.07, 6.45) is 1.46. The first kappa shape index (κ1) is 19.4. The largest absolute Gasteiger partial charge is 0.495 e. The van der Waals surface area contributed by atoms with Crippen LogP contribution in [0.25, 0.3) is 0 Å². The van der Waals surface area contributed by atoms with Gasteiger partial charge in [-0.2, -0.15) is 13.9 Å². The van der Waals surface area contributed by atoms with E-state index in [9.17, 15) is 8.78 Å². The van der Waals surface area contributed by atoms with Crippen molar-refractivity contribution in [1.29, 1.82) is 0 Å². The SMILES string of the molecule is COc1ccccc1NC(=S)NN=Cc1ccc(OC(F)F)c(OC)c1. The van der Waals surface area contributed by atoms with Crippen LogP contribution < -0.4 is 25.0 Å². The molecule has 0 radical (unpaired) electrons. The second kappa shape index (κ2) is 9.52. The van der Waals surface area contributed by atoms with Crippen molar-refractivity contribution in [3.05, 3.63) is 48.0 Å². The number of para-hydroxylation sites is 2. The lowest BCUT2D eigenvalue weighted by molar-refractivity contribution is -0.0512. The minimum absolute atomic E-state index is 0.0547. The summed E-state index contributed by atoms with van der Waals surface area (Å²) in [5.41, 5.74) is 3.96. The summed E-state index contributed by atoms with van der Waals surface area (Å²) < 4.78 is 39.2. The van der Waals surface area contributed by atoms with Gasteiger partial charge in [0.15, 0.2) is 16.6 Å². The predicted octanol–water partition coefficient (Wildman–Crippen LogP) is 3.63. The van der Waals surface area contributed by atoms with Crippen molar-refractivity contribution in [3.8, 4) is 17.2 Å². The lowest BCUT2D eigenvalue weighted by Gasteiger charge is -2.11. The molecule has 0 aliphatic rings. The van der Waals surface area contributed by atoms with E-state index >= 15 is 0 Å². The van der Waals surface area contributed by atoms with Crippen molar-refractivity contribution in [2.75, 3.05) is 19.5 Å². The van der Waals surface area contributed by atoms with Gasteiger partial charge in [-0.3, -0.25) is 5.43 Å². The number of nitrogens with one attached hydrogen (secondary N) is 2. The Hall–Kier alpha value is -2.94. The molecule has 2 aromatic rings. The molecule has 0 unspecified atom stereocenters. The summed E-state index contributed by atoms with van der Waals surface area (Å²) in [6.45, 7) is -2.93. The van der Waals surface area contributed by atoms with Gasteiger partial charge in [0.05, 0.1) is 26.1 Å². The maximum atomic E-state index is 12.3. The lowest BCUT2D eigenvalue weighted by atomic mass is 10.2. The molecule has 9 heteroatoms. The first-order chi connectivity index (χ1) is 12.5. The molecule has 2 rings (SSSR count). The van der Waals surface area contributed by atoms with Crippen LogP contribution in [0.4, 0.5) is 14.5 Å². The average molecular weight is 381 g/mol. The molecule has 0 bridgehead atoms. The first-order valence-corrected chi connectivity index (χ1v) is 7.80. The van der Waals surface area contributed by atoms with E-state index in [4.69, 9.17) is 21.7 Å². The van der Waals surface area contributed by atoms with Crippen LogP contribution in [-0.2, 0) is 0 Å². The number of hydrazone groups is 1. The van der Waals surface area contributed by atoms with Gasteiger partial charge in [0, 0.05) is 0 Å². The van der Waals surface area contributed by atoms with E-state index in [1.807, 2.05) is 18.2 Å². The number of methoxy groups -OCH3 is 2. The molecule has 0 saturated heterocycles. The van der Waals surface area contributed by atoms with Gasteiger partial charge >= 0.3 is 6.61 Å². The second-order valence-corrected chi connectivity index (χ2v) is 5.22. The Morgan fingerprint density at radius 1 is 1.08 bits per heavy atom. The topological polar surface area (TPSA) is 64.1 Å². The first-order valence-electron chi connectivity index (χ1n) is 7.39. The van der Waals surface area contributed by atoms with Crippen LogP contribution >= 0.6 is 12.2 Å². The van der Waals surface area contributed by atoms with Gasteiger partial charge in [-0.1, -0.05) is 12.1 Å². The molecule has 0 spiro atoms. The van der Waals surface area contributed by atoms with Gasteiger partial charge < -0.3 is 19.5 Å². The fourth-order valence-electron chi connectivity index (χ4n) is 2.02. The number of rotatable bonds is 7. The van der Waals surface area contributed by atoms with Crippen molar-refractivity contribution in [3.63, 3.8) is 0 Å². The quantitative estimate of drug-likeness (QED) is 0.434. The molecule has 0 amide bonds. The van der Waals surface area contributed by atoms with Gasteiger partial charge in [-0.25, -0.2) is 0 Å². The molecule has 6 nitrogen and oxygen atoms in total. The van der Waals surface area contributed by atoms with E-state index in [-0.39, 0.29) is 16.6 Å². The number of nitrogens with zero attached hydrogens (tertiary/aromatic N) is 1. The predicted molar refractivity (Wildman–Crippen MR) is 99.6 cm³/mol. The number of halogens is 2. The third kappa shape index (κ3) is 5.55. The van der Waals surface area contributed by atoms with Crippen LogP contribution in [0.5, 0.6) is 17.2 Å². The molecule has 2 aromatic carbocycles. The second-order valence-electron chi connectivity index (χ2n) is 4.81. The van der Waals surface area contributed by atoms with Crippen LogP contribution in [0.1, 0.15) is 5.56 Å². The van der Waals surface area contributed by atoms with Gasteiger partial charge in [0.1, 0.15) is 5.75 Å². The van der Waals surface area contributed by atoms with Gasteiger partial charge in [-0.05, 0) is 48.1 Å². The maximum absolute atomic E-state index is 12.3. The van der Waals surface area contributed by atoms with Gasteiger partial charge in [0.25, 0.3) is 0 Å². The van der Waals surface area contributed by atoms with Crippen molar-refractivity contribution < 1.29 is 23.0 Å². The van der Waals surface area contributed by atoms with E-state index in [1.54, 1.807) is 19.2 Å². The zero-order valence-electron chi connectivity index (χ0n) is 14.0. The summed E-state index contributed by atoms with van der Waals surface area (Å²) in [4.78, 5) is 0. The van der Waals surface area contributed by atoms with Crippen LogP contribution in [0, 0.1) is 0 Å². The molecular weight excluding hydrogens is 364 g/mol. The van der Waals surface area contributed by atoms with Crippen LogP contribution in [0.3, 0.4) is 0 Å². The maximum Gasteiger partial charge on any atom is 0.387 e. The number of hydrogen-bond acceptors (Lipinski definition) is 5. The highest BCUT2D eigenvalue weighted by Crippen LogP contribution is 2.29. The summed E-state index contributed by atoms with van der Waals surface area (Å²) in [5, 5.41) is 7.21. The number of benzene rings is 2. The molecule has 0 heterocycles. The fourth-order valence-corrected chi connectivity index (χ4v) is 2.18. The minimum Gasteiger partial charge on any atom is -0.495 e. The van der Waals surface area contributed by atoms with Crippen molar-refractivity contribution in [2.24, 2.45) is 5.10 Å². The highest BCUT2D eigenvalue weighted by Gasteiger charge is 2.10. The van der Waals surface area contributed by atoms with Crippen molar-refractivity contribution in [2.45, 2.75) is 6.61 Å². The smallest absolute Gasteiger partial charge is 0.387 e. The number of anilines is 1. The Morgan fingerprint density at radius 2 is 1.81 bits per heavy atom. The number of hydrogen-bond donors (Lipinski definition) is 2. The molecule has 26 heavy (non-hydrogen) atoms. The van der Waals surface area contributed by atoms with Gasteiger partial charge in [-0.15, -0.1) is 0 Å². The Bertz CT molecular complexity index is 788. The van der Waals surface area contributed by atoms with E-state index in [0.29, 0.717) is 17.0 Å². The number of alkyl halides is 2. The zero-order valence-corrected chi connectivity index (χ0v) is 14.8. The molecule has 0 aliphatic carbocycles. The summed E-state index contributed by atoms with van der Waals surface area (Å²) in [7, 11) is 2.92. The molecule has 0 atom stereocenters. The third-order valence-corrected chi connectivity index (χ3v) is 3.33. The fraction of sp³-hybridized carbons (Fsp3) is 0.176. The molecule has 2 N–H and O–H groups in total. The molecule has 0 aliphatic heterocycles. The van der Waals surface area contributed by atoms with Crippen molar-refractivity contribution in [1.82, 2.24) is 5.43 Å². The van der Waals surface area contributed by atoms with Crippen molar-refractivity contribution >= 4 is 29.2 Å². The highest BCUT2D eigenvalue weighted by molar-refractivity contribution is 7.80. The Balaban J connectivity index is 1.98. The summed E-state index contributed by atoms with van der Waals surface area (Å²) in [6, 6.07) is 11.7. The minimum atomic E-state index is -2.93. The average Bonchev–Trinajstić information content (AvgIpc) is 2.62. The Morgan fingerprint density at radius 3 is 2.50 bits per heavy atom. The Kier molecular flexibility index (Phi) is 7.10. The van der Waals surface area contributed by atoms with E-state index in [2.05, 4.69) is 20.6 Å². The van der Waals surface area contributed by atoms with Gasteiger partial charge in [0.2, 0.25) is 0 Å². The van der Waals surface area contributed by atoms with E-state index in [0.717, 1.165) is 0 Å². The molecule has 0 saturated carbocycles. The molecule has 0 fully saturated rings. The van der Waals surface area contributed by atoms with Crippen LogP contribution in [0.15, 0.2) is 47.6 Å². The lowest BCUT2D eigenvalue weighted by Crippen LogP contribution is -2.24. The molecular formula is C17H17F2N3O3S. The Labute approximate surface area is 154 Å². The third-order valence-electron chi connectivity index (χ3n) is 3.14. The van der Waals surface area contributed by atoms with E-state index in [1.165, 1.54) is 25.5 Å². The zero-order chi connectivity index (χ0) is 18.9. The monoisotopic (exact) mass is 381 g/mol. The summed E-state index contributed by atoms with van der Waals surface area (Å²) in [5.74, 6) is 0.755. The molecule has 138 valence electrons. The molecule has 0 aromatic heterocycles. The number of thiocarbonyl (C=S) groups is 1. The normalized spacial score (nSPS) is 10.7. The van der Waals surface area contributed by atoms with Crippen LogP contribution in [0.2, 0.25) is 0 Å². The van der Waals surface area contributed by atoms with E-state index < -0.39 is 6.61 Å². The number of ether oxygens (including phenoxy) is 3.